The summed E-state index contributed by atoms with van der Waals surface area (Å²) in [5.74, 6) is -0.350. The molecule has 0 radical (unpaired) electrons. The Labute approximate surface area is 191 Å². The minimum atomic E-state index is -0.350. The summed E-state index contributed by atoms with van der Waals surface area (Å²) in [5.41, 5.74) is 5.90. The van der Waals surface area contributed by atoms with Crippen LogP contribution in [0.3, 0.4) is 0 Å². The van der Waals surface area contributed by atoms with Gasteiger partial charge in [-0.25, -0.2) is 4.79 Å². The monoisotopic (exact) mass is 437 g/mol. The average Bonchev–Trinajstić information content (AvgIpc) is 2.70. The molecule has 2 aliphatic carbocycles. The number of nitrogens with zero attached hydrogens (tertiary/aromatic N) is 1. The molecule has 0 spiro atoms. The Morgan fingerprint density at radius 2 is 1.88 bits per heavy atom. The van der Waals surface area contributed by atoms with Crippen LogP contribution in [0.25, 0.3) is 5.57 Å². The van der Waals surface area contributed by atoms with Gasteiger partial charge in [-0.2, -0.15) is 0 Å². The van der Waals surface area contributed by atoms with E-state index in [9.17, 15) is 14.9 Å². The third kappa shape index (κ3) is 4.72. The quantitative estimate of drug-likeness (QED) is 0.168. The van der Waals surface area contributed by atoms with E-state index in [1.165, 1.54) is 6.08 Å². The molecule has 0 amide bonds. The summed E-state index contributed by atoms with van der Waals surface area (Å²) in [4.78, 5) is 23.8. The third-order valence-corrected chi connectivity index (χ3v) is 6.88. The maximum atomic E-state index is 12.3. The number of carbonyl (C=O) groups excluding carboxylic acids is 1. The van der Waals surface area contributed by atoms with Crippen molar-refractivity contribution in [1.29, 1.82) is 0 Å². The molecular weight excluding hydrogens is 402 g/mol. The highest BCUT2D eigenvalue weighted by Gasteiger charge is 2.44. The molecule has 0 saturated heterocycles. The van der Waals surface area contributed by atoms with Gasteiger partial charge in [-0.1, -0.05) is 45.9 Å². The van der Waals surface area contributed by atoms with Gasteiger partial charge in [0, 0.05) is 17.2 Å². The van der Waals surface area contributed by atoms with Crippen molar-refractivity contribution < 1.29 is 14.5 Å². The number of allylic oxidation sites excluding steroid dienone is 5. The summed E-state index contributed by atoms with van der Waals surface area (Å²) in [6.07, 6.45) is 11.8. The van der Waals surface area contributed by atoms with E-state index in [-0.39, 0.29) is 21.7 Å². The van der Waals surface area contributed by atoms with E-state index in [0.29, 0.717) is 12.3 Å². The number of esters is 1. The topological polar surface area (TPSA) is 69.4 Å². The smallest absolute Gasteiger partial charge is 0.330 e. The standard InChI is InChI=1S/C27H35NO4/c1-7-32-23(29)16-18(2)10-8-11-19-12-9-13-20-21(19)17-22-24(25(20)28(30)31)27(5,6)15-14-26(22,3)4/h8,10-11,16-17H,7,9,12-15H2,1-6H3. The van der Waals surface area contributed by atoms with E-state index >= 15 is 0 Å². The van der Waals surface area contributed by atoms with Gasteiger partial charge in [-0.05, 0) is 85.1 Å². The van der Waals surface area contributed by atoms with Crippen LogP contribution in [0, 0.1) is 10.1 Å². The number of benzene rings is 1. The maximum Gasteiger partial charge on any atom is 0.330 e. The van der Waals surface area contributed by atoms with Gasteiger partial charge in [-0.15, -0.1) is 0 Å². The lowest BCUT2D eigenvalue weighted by atomic mass is 9.61. The Morgan fingerprint density at radius 1 is 1.19 bits per heavy atom. The predicted octanol–water partition coefficient (Wildman–Crippen LogP) is 6.73. The molecule has 0 heterocycles. The van der Waals surface area contributed by atoms with Crippen molar-refractivity contribution in [3.05, 3.63) is 68.3 Å². The SMILES string of the molecule is CCOC(=O)C=C(C)C=CC=C1CCCc2c1cc1c(c2[N+](=O)[O-])C(C)(C)CCC1(C)C. The fourth-order valence-electron chi connectivity index (χ4n) is 5.05. The average molecular weight is 438 g/mol. The van der Waals surface area contributed by atoms with Crippen molar-refractivity contribution in [3.63, 3.8) is 0 Å². The zero-order valence-electron chi connectivity index (χ0n) is 20.2. The second kappa shape index (κ2) is 9.05. The van der Waals surface area contributed by atoms with Gasteiger partial charge in [0.2, 0.25) is 0 Å². The summed E-state index contributed by atoms with van der Waals surface area (Å²) in [7, 11) is 0. The minimum Gasteiger partial charge on any atom is -0.463 e. The number of rotatable bonds is 5. The summed E-state index contributed by atoms with van der Waals surface area (Å²) >= 11 is 0. The number of nitro groups is 1. The van der Waals surface area contributed by atoms with E-state index in [2.05, 4.69) is 33.8 Å². The first-order valence-electron chi connectivity index (χ1n) is 11.6. The van der Waals surface area contributed by atoms with Crippen molar-refractivity contribution in [2.75, 3.05) is 6.61 Å². The molecule has 3 rings (SSSR count). The lowest BCUT2D eigenvalue weighted by Gasteiger charge is -2.42. The van der Waals surface area contributed by atoms with Gasteiger partial charge in [0.25, 0.3) is 5.69 Å². The fourth-order valence-corrected chi connectivity index (χ4v) is 5.05. The zero-order chi connectivity index (χ0) is 23.7. The predicted molar refractivity (Wildman–Crippen MR) is 129 cm³/mol. The molecule has 5 nitrogen and oxygen atoms in total. The van der Waals surface area contributed by atoms with Crippen LogP contribution in [0.5, 0.6) is 0 Å². The van der Waals surface area contributed by atoms with Gasteiger partial charge in [-0.3, -0.25) is 10.1 Å². The van der Waals surface area contributed by atoms with Gasteiger partial charge >= 0.3 is 5.97 Å². The van der Waals surface area contributed by atoms with Crippen LogP contribution < -0.4 is 0 Å². The van der Waals surface area contributed by atoms with E-state index in [4.69, 9.17) is 4.74 Å². The number of ether oxygens (including phenoxy) is 1. The Morgan fingerprint density at radius 3 is 2.53 bits per heavy atom. The van der Waals surface area contributed by atoms with Crippen LogP contribution in [0.15, 0.2) is 35.9 Å². The first-order valence-corrected chi connectivity index (χ1v) is 11.6. The number of carbonyl (C=O) groups is 1. The van der Waals surface area contributed by atoms with Crippen molar-refractivity contribution in [1.82, 2.24) is 0 Å². The summed E-state index contributed by atoms with van der Waals surface area (Å²) in [6.45, 7) is 12.7. The molecular formula is C27H35NO4. The zero-order valence-corrected chi connectivity index (χ0v) is 20.2. The molecule has 32 heavy (non-hydrogen) atoms. The van der Waals surface area contributed by atoms with Crippen LogP contribution >= 0.6 is 0 Å². The highest BCUT2D eigenvalue weighted by atomic mass is 16.6. The number of hydrogen-bond donors (Lipinski definition) is 0. The number of fused-ring (bicyclic) bond motifs is 2. The molecule has 0 unspecified atom stereocenters. The number of nitro benzene ring substituents is 1. The molecule has 0 bridgehead atoms. The largest absolute Gasteiger partial charge is 0.463 e. The normalized spacial score (nSPS) is 20.7. The molecule has 2 aliphatic rings. The Hall–Kier alpha value is -2.69. The molecule has 172 valence electrons. The fraction of sp³-hybridized carbons (Fsp3) is 0.519. The Balaban J connectivity index is 2.11. The lowest BCUT2D eigenvalue weighted by Crippen LogP contribution is -2.35. The molecule has 0 fully saturated rings. The molecule has 5 heteroatoms. The van der Waals surface area contributed by atoms with Crippen LogP contribution in [0.1, 0.15) is 89.5 Å². The molecule has 1 aromatic rings. The van der Waals surface area contributed by atoms with E-state index in [0.717, 1.165) is 65.5 Å². The lowest BCUT2D eigenvalue weighted by molar-refractivity contribution is -0.387. The Bertz CT molecular complexity index is 1020. The first kappa shape index (κ1) is 24.0. The molecule has 0 aromatic heterocycles. The molecule has 0 aliphatic heterocycles. The summed E-state index contributed by atoms with van der Waals surface area (Å²) in [6, 6.07) is 2.23. The highest BCUT2D eigenvalue weighted by molar-refractivity contribution is 5.83. The minimum absolute atomic E-state index is 0.0952. The van der Waals surface area contributed by atoms with Crippen LogP contribution in [0.4, 0.5) is 5.69 Å². The van der Waals surface area contributed by atoms with Gasteiger partial charge < -0.3 is 4.74 Å². The molecule has 0 atom stereocenters. The Kier molecular flexibility index (Phi) is 6.77. The van der Waals surface area contributed by atoms with Crippen molar-refractivity contribution in [2.24, 2.45) is 0 Å². The highest BCUT2D eigenvalue weighted by Crippen LogP contribution is 2.52. The van der Waals surface area contributed by atoms with Crippen molar-refractivity contribution in [2.45, 2.75) is 84.5 Å². The van der Waals surface area contributed by atoms with Crippen molar-refractivity contribution in [3.8, 4) is 0 Å². The van der Waals surface area contributed by atoms with Crippen LogP contribution in [-0.2, 0) is 26.8 Å². The van der Waals surface area contributed by atoms with E-state index in [1.807, 2.05) is 25.2 Å². The molecule has 0 N–H and O–H groups in total. The van der Waals surface area contributed by atoms with Crippen LogP contribution in [0.2, 0.25) is 0 Å². The summed E-state index contributed by atoms with van der Waals surface area (Å²) in [5, 5.41) is 12.3. The van der Waals surface area contributed by atoms with Crippen LogP contribution in [-0.4, -0.2) is 17.5 Å². The third-order valence-electron chi connectivity index (χ3n) is 6.88. The summed E-state index contributed by atoms with van der Waals surface area (Å²) < 4.78 is 4.95. The van der Waals surface area contributed by atoms with E-state index < -0.39 is 0 Å². The maximum absolute atomic E-state index is 12.3. The van der Waals surface area contributed by atoms with E-state index in [1.54, 1.807) is 6.92 Å². The second-order valence-corrected chi connectivity index (χ2v) is 10.2. The van der Waals surface area contributed by atoms with Gasteiger partial charge in [0.1, 0.15) is 0 Å². The first-order chi connectivity index (χ1) is 15.0. The second-order valence-electron chi connectivity index (χ2n) is 10.2. The van der Waals surface area contributed by atoms with Gasteiger partial charge in [0.05, 0.1) is 11.5 Å². The van der Waals surface area contributed by atoms with Gasteiger partial charge in [0.15, 0.2) is 0 Å². The molecule has 0 saturated carbocycles. The molecule has 1 aromatic carbocycles. The number of hydrogen-bond acceptors (Lipinski definition) is 4. The van der Waals surface area contributed by atoms with Crippen molar-refractivity contribution >= 4 is 17.2 Å².